The third-order valence-electron chi connectivity index (χ3n) is 20.2. The summed E-state index contributed by atoms with van der Waals surface area (Å²) in [4.78, 5) is 5.14. The maximum atomic E-state index is 2.60. The van der Waals surface area contributed by atoms with Crippen LogP contribution in [0.5, 0.6) is 0 Å². The fourth-order valence-corrected chi connectivity index (χ4v) is 20.2. The topological polar surface area (TPSA) is 6.48 Å². The Morgan fingerprint density at radius 1 is 0.253 bits per heavy atom. The van der Waals surface area contributed by atoms with Crippen LogP contribution in [0.15, 0.2) is 279 Å². The predicted octanol–water partition coefficient (Wildman–Crippen LogP) is 25.0. The minimum Gasteiger partial charge on any atom is -0.0618 e. The van der Waals surface area contributed by atoms with E-state index in [-0.39, 0.29) is 25.3 Å². The number of thiophene rings is 2. The first kappa shape index (κ1) is 53.0. The molecule has 2 aliphatic rings. The van der Waals surface area contributed by atoms with Crippen LogP contribution >= 0.6 is 22.7 Å². The first-order valence-corrected chi connectivity index (χ1v) is 34.9. The van der Waals surface area contributed by atoms with Gasteiger partial charge < -0.3 is 4.90 Å². The molecular weight excluding hydrogens is 1200 g/mol. The molecule has 0 bridgehead atoms. The van der Waals surface area contributed by atoms with E-state index in [0.717, 1.165) is 11.4 Å². The molecule has 0 unspecified atom stereocenters. The molecule has 0 aliphatic carbocycles. The van der Waals surface area contributed by atoms with E-state index in [1.807, 2.05) is 22.7 Å². The summed E-state index contributed by atoms with van der Waals surface area (Å²) in [5.41, 5.74) is 21.8. The molecule has 17 aromatic rings. The Labute approximate surface area is 542 Å². The molecule has 0 radical (unpaired) electrons. The Morgan fingerprint density at radius 3 is 1.13 bits per heavy atom. The van der Waals surface area contributed by atoms with Gasteiger partial charge >= 0.3 is 290 Å². The van der Waals surface area contributed by atoms with Gasteiger partial charge in [0.2, 0.25) is 0 Å². The number of rotatable bonds is 6. The van der Waals surface area contributed by atoms with E-state index >= 15 is 0 Å². The molecule has 0 atom stereocenters. The van der Waals surface area contributed by atoms with Crippen molar-refractivity contribution >= 4 is 152 Å². The molecular formula is C86H58N2S2Se. The van der Waals surface area contributed by atoms with Gasteiger partial charge in [0.15, 0.2) is 0 Å². The van der Waals surface area contributed by atoms with E-state index in [2.05, 4.69) is 317 Å². The fourth-order valence-electron chi connectivity index (χ4n) is 15.7. The number of hydrogen-bond acceptors (Lipinski definition) is 4. The molecule has 0 N–H and O–H groups in total. The van der Waals surface area contributed by atoms with Gasteiger partial charge in [0.25, 0.3) is 0 Å². The van der Waals surface area contributed by atoms with Gasteiger partial charge in [-0.2, -0.15) is 0 Å². The standard InChI is InChI=1S/C86H58N2S2Se/c1-85(2)69-24-12-15-27-73(69)87(74-28-16-13-25-70(74)85)57-35-37-60-67(47-57)83(55-33-41-79-64(45-55)62-43-53(31-39-77(62)89-79)51-19-7-5-8-20-51)61-38-36-58(48-68(61)84(60)56-34-42-80-65(46-56)63-44-54(32-40-78(63)90-80)52-21-9-6-10-22-52)88-75-29-17-14-26-71(75)86(3,4)72-49-66-59-23-11-18-30-81(59)91-82(66)50-76(72)88/h5-50H,1-4H3. The Morgan fingerprint density at radius 2 is 0.648 bits per heavy atom. The Balaban J connectivity index is 0.928. The monoisotopic (exact) mass is 1260 g/mol. The SMILES string of the molecule is CC1(C)c2ccccc2N(c2ccc3c(-c4ccc5sc6ccc(-c7ccccc7)cc6c5c4)c4cc(N5c6ccccc6C(C)(C)c6cc7c(cc65)[se]c5ccccc57)ccc4c(-c4ccc5sc6ccc(-c7ccccc7)cc6c5c4)c3c2)c2ccccc21. The van der Waals surface area contributed by atoms with Crippen molar-refractivity contribution in [2.75, 3.05) is 9.80 Å². The van der Waals surface area contributed by atoms with Gasteiger partial charge in [-0.05, 0) is 69.8 Å². The molecule has 5 heterocycles. The van der Waals surface area contributed by atoms with Crippen molar-refractivity contribution < 1.29 is 0 Å². The molecule has 91 heavy (non-hydrogen) atoms. The smallest absolute Gasteiger partial charge is 0.0502 e. The average Bonchev–Trinajstić information content (AvgIpc) is 1.25. The molecule has 0 spiro atoms. The molecule has 19 rings (SSSR count). The maximum Gasteiger partial charge on any atom is 0.0502 e. The first-order chi connectivity index (χ1) is 44.6. The number of nitrogens with zero attached hydrogens (tertiary/aromatic N) is 2. The molecule has 2 aliphatic heterocycles. The zero-order valence-corrected chi connectivity index (χ0v) is 54.0. The summed E-state index contributed by atoms with van der Waals surface area (Å²) in [6.45, 7) is 9.61. The van der Waals surface area contributed by atoms with E-state index < -0.39 is 0 Å². The number of anilines is 6. The summed E-state index contributed by atoms with van der Waals surface area (Å²) in [6, 6.07) is 107. The Hall–Kier alpha value is -9.84. The summed E-state index contributed by atoms with van der Waals surface area (Å²) in [7, 11) is 0. The van der Waals surface area contributed by atoms with Gasteiger partial charge in [0.1, 0.15) is 0 Å². The summed E-state index contributed by atoms with van der Waals surface area (Å²) in [5, 5.41) is 12.8. The van der Waals surface area contributed by atoms with Crippen LogP contribution in [0.4, 0.5) is 34.1 Å². The second kappa shape index (κ2) is 19.8. The minimum atomic E-state index is -0.248. The van der Waals surface area contributed by atoms with Crippen molar-refractivity contribution in [1.29, 1.82) is 0 Å². The van der Waals surface area contributed by atoms with E-state index in [1.165, 1.54) is 171 Å². The van der Waals surface area contributed by atoms with Gasteiger partial charge in [-0.3, -0.25) is 0 Å². The molecule has 0 saturated carbocycles. The van der Waals surface area contributed by atoms with Gasteiger partial charge in [-0.15, -0.1) is 22.7 Å². The third-order valence-corrected chi connectivity index (χ3v) is 24.9. The zero-order valence-electron chi connectivity index (χ0n) is 50.7. The number of hydrogen-bond donors (Lipinski definition) is 0. The van der Waals surface area contributed by atoms with Crippen molar-refractivity contribution in [3.8, 4) is 44.5 Å². The van der Waals surface area contributed by atoms with Crippen LogP contribution in [0.1, 0.15) is 49.9 Å². The van der Waals surface area contributed by atoms with Crippen LogP contribution in [0.2, 0.25) is 0 Å². The molecule has 14 aromatic carbocycles. The average molecular weight is 1260 g/mol. The van der Waals surface area contributed by atoms with Gasteiger partial charge in [-0.1, -0.05) is 123 Å². The van der Waals surface area contributed by atoms with E-state index in [9.17, 15) is 0 Å². The van der Waals surface area contributed by atoms with Crippen molar-refractivity contribution in [3.05, 3.63) is 301 Å². The largest absolute Gasteiger partial charge is 0.0618 e. The maximum absolute atomic E-state index is 2.60. The zero-order chi connectivity index (χ0) is 60.4. The number of benzene rings is 14. The van der Waals surface area contributed by atoms with E-state index in [1.54, 1.807) is 0 Å². The van der Waals surface area contributed by atoms with Gasteiger partial charge in [0, 0.05) is 24.9 Å². The second-order valence-corrected chi connectivity index (χ2v) is 30.4. The third kappa shape index (κ3) is 7.95. The van der Waals surface area contributed by atoms with Gasteiger partial charge in [-0.25, -0.2) is 0 Å². The molecule has 0 saturated heterocycles. The van der Waals surface area contributed by atoms with Crippen molar-refractivity contribution in [2.45, 2.75) is 38.5 Å². The van der Waals surface area contributed by atoms with E-state index in [4.69, 9.17) is 0 Å². The van der Waals surface area contributed by atoms with Crippen molar-refractivity contribution in [2.24, 2.45) is 0 Å². The minimum absolute atomic E-state index is 0.190. The van der Waals surface area contributed by atoms with Crippen LogP contribution in [0, 0.1) is 0 Å². The number of fused-ring (bicyclic) bond motifs is 15. The Kier molecular flexibility index (Phi) is 11.6. The summed E-state index contributed by atoms with van der Waals surface area (Å²) < 4.78 is 8.07. The molecule has 0 fully saturated rings. The van der Waals surface area contributed by atoms with Crippen LogP contribution in [0.3, 0.4) is 0 Å². The molecule has 5 heteroatoms. The molecule has 3 aromatic heterocycles. The van der Waals surface area contributed by atoms with E-state index in [0.29, 0.717) is 0 Å². The quantitative estimate of drug-likeness (QED) is 0.121. The number of para-hydroxylation sites is 3. The van der Waals surface area contributed by atoms with Crippen LogP contribution < -0.4 is 9.80 Å². The summed E-state index contributed by atoms with van der Waals surface area (Å²) in [6.07, 6.45) is 0. The Bertz CT molecular complexity index is 5870. The van der Waals surface area contributed by atoms with Crippen molar-refractivity contribution in [3.63, 3.8) is 0 Å². The molecule has 2 nitrogen and oxygen atoms in total. The van der Waals surface area contributed by atoms with Crippen LogP contribution in [0.25, 0.3) is 126 Å². The molecule has 0 amide bonds. The van der Waals surface area contributed by atoms with Gasteiger partial charge in [0.05, 0.1) is 11.4 Å². The van der Waals surface area contributed by atoms with Crippen LogP contribution in [-0.4, -0.2) is 14.5 Å². The fraction of sp³-hybridized carbons (Fsp3) is 0.0698. The van der Waals surface area contributed by atoms with Crippen molar-refractivity contribution in [1.82, 2.24) is 0 Å². The summed E-state index contributed by atoms with van der Waals surface area (Å²) in [5.74, 6) is 0. The predicted molar refractivity (Wildman–Crippen MR) is 395 cm³/mol. The molecule has 430 valence electrons. The normalized spacial score (nSPS) is 14.1. The first-order valence-electron chi connectivity index (χ1n) is 31.5. The second-order valence-electron chi connectivity index (χ2n) is 25.9. The summed E-state index contributed by atoms with van der Waals surface area (Å²) >= 11 is 3.96. The van der Waals surface area contributed by atoms with Crippen LogP contribution in [-0.2, 0) is 10.8 Å².